The summed E-state index contributed by atoms with van der Waals surface area (Å²) in [6.07, 6.45) is -12.3. The Morgan fingerprint density at radius 3 is 1.65 bits per heavy atom. The lowest BCUT2D eigenvalue weighted by molar-refractivity contribution is -0.348. The van der Waals surface area contributed by atoms with E-state index in [-0.39, 0.29) is 12.3 Å². The number of hydrogen-bond acceptors (Lipinski definition) is 1. The Morgan fingerprint density at radius 2 is 1.35 bits per heavy atom. The van der Waals surface area contributed by atoms with Gasteiger partial charge in [0.1, 0.15) is 0 Å². The Balaban J connectivity index is 3.46. The normalized spacial score (nSPS) is 13.8. The molecule has 1 aromatic rings. The third kappa shape index (κ3) is 2.13. The molecule has 0 aromatic carbocycles. The fourth-order valence-corrected chi connectivity index (χ4v) is 1.11. The molecule has 0 amide bonds. The van der Waals surface area contributed by atoms with Gasteiger partial charge < -0.3 is 4.98 Å². The molecule has 0 bridgehead atoms. The van der Waals surface area contributed by atoms with Crippen LogP contribution in [0.25, 0.3) is 0 Å². The molecule has 1 heterocycles. The average Bonchev–Trinajstić information content (AvgIpc) is 2.14. The van der Waals surface area contributed by atoms with Gasteiger partial charge in [0.15, 0.2) is 0 Å². The maximum Gasteiger partial charge on any atom is 0.436 e. The van der Waals surface area contributed by atoms with Gasteiger partial charge in [-0.25, -0.2) is 4.39 Å². The van der Waals surface area contributed by atoms with E-state index in [1.54, 1.807) is 4.98 Å². The summed E-state index contributed by atoms with van der Waals surface area (Å²) in [7, 11) is 0. The van der Waals surface area contributed by atoms with Crippen LogP contribution in [0.3, 0.4) is 0 Å². The Hall–Kier alpha value is -1.54. The van der Waals surface area contributed by atoms with Crippen LogP contribution in [-0.2, 0) is 5.67 Å². The number of aromatic amines is 1. The van der Waals surface area contributed by atoms with Crippen molar-refractivity contribution >= 4 is 0 Å². The first-order valence-electron chi connectivity index (χ1n) is 4.02. The van der Waals surface area contributed by atoms with Crippen molar-refractivity contribution in [1.82, 2.24) is 4.98 Å². The zero-order valence-electron chi connectivity index (χ0n) is 7.79. The molecule has 96 valence electrons. The van der Waals surface area contributed by atoms with E-state index in [4.69, 9.17) is 0 Å². The van der Waals surface area contributed by atoms with E-state index in [0.29, 0.717) is 6.07 Å². The van der Waals surface area contributed by atoms with Gasteiger partial charge in [0, 0.05) is 17.8 Å². The van der Waals surface area contributed by atoms with Gasteiger partial charge in [0.05, 0.1) is 0 Å². The molecule has 0 fully saturated rings. The SMILES string of the molecule is O=c1ccc(C(F)(C(F)(F)F)C(F)(F)F)c[nH]1. The van der Waals surface area contributed by atoms with Crippen molar-refractivity contribution in [3.8, 4) is 0 Å². The molecule has 0 aliphatic heterocycles. The summed E-state index contributed by atoms with van der Waals surface area (Å²) in [5, 5.41) is 0. The second-order valence-electron chi connectivity index (χ2n) is 3.10. The van der Waals surface area contributed by atoms with Gasteiger partial charge in [-0.2, -0.15) is 26.3 Å². The van der Waals surface area contributed by atoms with Crippen LogP contribution < -0.4 is 5.56 Å². The first kappa shape index (κ1) is 13.5. The van der Waals surface area contributed by atoms with Crippen LogP contribution >= 0.6 is 0 Å². The average molecular weight is 263 g/mol. The molecule has 0 radical (unpaired) electrons. The number of H-pyrrole nitrogens is 1. The number of hydrogen-bond donors (Lipinski definition) is 1. The van der Waals surface area contributed by atoms with Crippen molar-refractivity contribution in [3.63, 3.8) is 0 Å². The topological polar surface area (TPSA) is 32.9 Å². The number of pyridine rings is 1. The zero-order valence-corrected chi connectivity index (χ0v) is 7.79. The van der Waals surface area contributed by atoms with Gasteiger partial charge in [0.25, 0.3) is 0 Å². The predicted molar refractivity (Wildman–Crippen MR) is 42.0 cm³/mol. The van der Waals surface area contributed by atoms with Crippen molar-refractivity contribution in [1.29, 1.82) is 0 Å². The molecule has 9 heteroatoms. The van der Waals surface area contributed by atoms with Crippen LogP contribution in [0.5, 0.6) is 0 Å². The molecule has 0 unspecified atom stereocenters. The molecule has 0 aliphatic carbocycles. The van der Waals surface area contributed by atoms with E-state index >= 15 is 0 Å². The molecule has 0 saturated carbocycles. The number of nitrogens with one attached hydrogen (secondary N) is 1. The van der Waals surface area contributed by atoms with Crippen molar-refractivity contribution in [2.45, 2.75) is 18.0 Å². The monoisotopic (exact) mass is 263 g/mol. The maximum absolute atomic E-state index is 13.3. The number of alkyl halides is 7. The smallest absolute Gasteiger partial charge is 0.329 e. The van der Waals surface area contributed by atoms with Gasteiger partial charge in [-0.1, -0.05) is 0 Å². The van der Waals surface area contributed by atoms with Gasteiger partial charge in [-0.15, -0.1) is 0 Å². The highest BCUT2D eigenvalue weighted by Crippen LogP contribution is 2.52. The van der Waals surface area contributed by atoms with Gasteiger partial charge >= 0.3 is 18.0 Å². The van der Waals surface area contributed by atoms with Gasteiger partial charge in [-0.05, 0) is 6.07 Å². The Morgan fingerprint density at radius 1 is 0.882 bits per heavy atom. The van der Waals surface area contributed by atoms with Crippen LogP contribution in [0, 0.1) is 0 Å². The van der Waals surface area contributed by atoms with E-state index in [1.807, 2.05) is 0 Å². The summed E-state index contributed by atoms with van der Waals surface area (Å²) in [4.78, 5) is 12.1. The fraction of sp³-hybridized carbons (Fsp3) is 0.375. The lowest BCUT2D eigenvalue weighted by Crippen LogP contribution is -2.50. The summed E-state index contributed by atoms with van der Waals surface area (Å²) in [5.74, 6) is 0. The summed E-state index contributed by atoms with van der Waals surface area (Å²) < 4.78 is 86.5. The number of aromatic nitrogens is 1. The van der Waals surface area contributed by atoms with Crippen LogP contribution in [0.4, 0.5) is 30.7 Å². The van der Waals surface area contributed by atoms with Crippen molar-refractivity contribution in [2.75, 3.05) is 0 Å². The molecular weight excluding hydrogens is 259 g/mol. The second kappa shape index (κ2) is 3.74. The minimum Gasteiger partial charge on any atom is -0.329 e. The molecule has 1 aromatic heterocycles. The van der Waals surface area contributed by atoms with E-state index in [0.717, 1.165) is 0 Å². The molecule has 0 atom stereocenters. The minimum absolute atomic E-state index is 0.0450. The first-order valence-corrected chi connectivity index (χ1v) is 4.02. The second-order valence-corrected chi connectivity index (χ2v) is 3.10. The molecular formula is C8H4F7NO. The predicted octanol–water partition coefficient (Wildman–Crippen LogP) is 2.66. The standard InChI is InChI=1S/C8H4F7NO/c9-6(7(10,11)12,8(13,14)15)4-1-2-5(17)16-3-4/h1-3H,(H,16,17). The number of halogens is 7. The van der Waals surface area contributed by atoms with Crippen LogP contribution in [0.2, 0.25) is 0 Å². The first-order chi connectivity index (χ1) is 7.50. The molecule has 17 heavy (non-hydrogen) atoms. The Bertz CT molecular complexity index is 424. The summed E-state index contributed by atoms with van der Waals surface area (Å²) in [5.41, 5.74) is -8.18. The molecule has 0 saturated heterocycles. The van der Waals surface area contributed by atoms with Crippen molar-refractivity contribution < 1.29 is 30.7 Å². The molecule has 1 N–H and O–H groups in total. The van der Waals surface area contributed by atoms with Crippen LogP contribution in [-0.4, -0.2) is 17.3 Å². The number of rotatable bonds is 1. The maximum atomic E-state index is 13.3. The third-order valence-electron chi connectivity index (χ3n) is 1.96. The zero-order chi connectivity index (χ0) is 13.5. The molecule has 0 aliphatic rings. The highest BCUT2D eigenvalue weighted by molar-refractivity contribution is 5.23. The van der Waals surface area contributed by atoms with Gasteiger partial charge in [0.2, 0.25) is 5.56 Å². The summed E-state index contributed by atoms with van der Waals surface area (Å²) in [6, 6.07) is 0.515. The molecule has 2 nitrogen and oxygen atoms in total. The van der Waals surface area contributed by atoms with E-state index < -0.39 is 29.1 Å². The van der Waals surface area contributed by atoms with E-state index in [1.165, 1.54) is 0 Å². The highest BCUT2D eigenvalue weighted by atomic mass is 19.4. The minimum atomic E-state index is -6.18. The highest BCUT2D eigenvalue weighted by Gasteiger charge is 2.73. The van der Waals surface area contributed by atoms with Gasteiger partial charge in [-0.3, -0.25) is 4.79 Å². The lowest BCUT2D eigenvalue weighted by Gasteiger charge is -2.29. The summed E-state index contributed by atoms with van der Waals surface area (Å²) >= 11 is 0. The van der Waals surface area contributed by atoms with Crippen LogP contribution in [0.1, 0.15) is 5.56 Å². The Kier molecular flexibility index (Phi) is 2.98. The van der Waals surface area contributed by atoms with E-state index in [2.05, 4.69) is 0 Å². The lowest BCUT2D eigenvalue weighted by atomic mass is 9.96. The summed E-state index contributed by atoms with van der Waals surface area (Å²) in [6.45, 7) is 0. The third-order valence-corrected chi connectivity index (χ3v) is 1.96. The van der Waals surface area contributed by atoms with Crippen molar-refractivity contribution in [2.24, 2.45) is 0 Å². The fourth-order valence-electron chi connectivity index (χ4n) is 1.11. The Labute approximate surface area is 89.1 Å². The largest absolute Gasteiger partial charge is 0.436 e. The molecule has 0 spiro atoms. The van der Waals surface area contributed by atoms with E-state index in [9.17, 15) is 35.5 Å². The van der Waals surface area contributed by atoms with Crippen LogP contribution in [0.15, 0.2) is 23.1 Å². The quantitative estimate of drug-likeness (QED) is 0.776. The molecule has 1 rings (SSSR count). The van der Waals surface area contributed by atoms with Crippen molar-refractivity contribution in [3.05, 3.63) is 34.2 Å².